The molecule has 23 heavy (non-hydrogen) atoms. The number of hydrogen-bond donors (Lipinski definition) is 0. The maximum absolute atomic E-state index is 12.7. The molecule has 0 bridgehead atoms. The van der Waals surface area contributed by atoms with E-state index < -0.39 is 17.1 Å². The number of benzene rings is 1. The zero-order valence-corrected chi connectivity index (χ0v) is 13.7. The van der Waals surface area contributed by atoms with Gasteiger partial charge in [0.25, 0.3) is 0 Å². The van der Waals surface area contributed by atoms with Crippen LogP contribution in [0, 0.1) is 0 Å². The largest absolute Gasteiger partial charge is 0.340 e. The first-order valence-electron chi connectivity index (χ1n) is 8.13. The van der Waals surface area contributed by atoms with Crippen molar-refractivity contribution in [3.05, 3.63) is 61.8 Å². The summed E-state index contributed by atoms with van der Waals surface area (Å²) in [7, 11) is 0. The second-order valence-electron chi connectivity index (χ2n) is 5.53. The van der Waals surface area contributed by atoms with Crippen molar-refractivity contribution in [2.45, 2.75) is 52.6 Å². The van der Waals surface area contributed by atoms with Crippen LogP contribution in [0.4, 0.5) is 0 Å². The van der Waals surface area contributed by atoms with Crippen LogP contribution >= 0.6 is 0 Å². The number of aromatic nitrogens is 3. The summed E-state index contributed by atoms with van der Waals surface area (Å²) in [6.45, 7) is 4.64. The molecule has 0 unspecified atom stereocenters. The van der Waals surface area contributed by atoms with Crippen molar-refractivity contribution in [1.82, 2.24) is 13.7 Å². The van der Waals surface area contributed by atoms with Crippen LogP contribution in [-0.2, 0) is 13.1 Å². The van der Waals surface area contributed by atoms with E-state index in [0.717, 1.165) is 30.3 Å². The monoisotopic (exact) mass is 317 g/mol. The molecule has 0 aliphatic rings. The first-order chi connectivity index (χ1) is 11.1. The van der Waals surface area contributed by atoms with Gasteiger partial charge in [0.15, 0.2) is 0 Å². The average molecular weight is 317 g/mol. The maximum Gasteiger partial charge on any atom is 0.340 e. The van der Waals surface area contributed by atoms with E-state index in [1.165, 1.54) is 9.13 Å². The molecule has 0 aliphatic carbocycles. The van der Waals surface area contributed by atoms with Crippen LogP contribution in [-0.4, -0.2) is 13.7 Å². The molecule has 0 amide bonds. The minimum atomic E-state index is -0.563. The molecule has 6 nitrogen and oxygen atoms in total. The zero-order valence-electron chi connectivity index (χ0n) is 13.7. The first kappa shape index (κ1) is 17.0. The van der Waals surface area contributed by atoms with Crippen LogP contribution in [0.15, 0.2) is 44.7 Å². The quantitative estimate of drug-likeness (QED) is 0.781. The van der Waals surface area contributed by atoms with E-state index >= 15 is 0 Å². The van der Waals surface area contributed by atoms with Crippen LogP contribution in [0.1, 0.15) is 39.5 Å². The topological polar surface area (TPSA) is 66.0 Å². The Bertz CT molecular complexity index is 769. The van der Waals surface area contributed by atoms with Gasteiger partial charge in [0.05, 0.1) is 5.69 Å². The van der Waals surface area contributed by atoms with Gasteiger partial charge in [0.1, 0.15) is 0 Å². The van der Waals surface area contributed by atoms with Gasteiger partial charge in [-0.05, 0) is 25.0 Å². The summed E-state index contributed by atoms with van der Waals surface area (Å²) in [5.41, 5.74) is -1.15. The molecule has 1 aromatic carbocycles. The molecule has 0 saturated carbocycles. The molecule has 0 N–H and O–H groups in total. The minimum absolute atomic E-state index is 0.327. The second-order valence-corrected chi connectivity index (χ2v) is 5.53. The van der Waals surface area contributed by atoms with E-state index in [2.05, 4.69) is 0 Å². The highest BCUT2D eigenvalue weighted by molar-refractivity contribution is 5.30. The predicted molar refractivity (Wildman–Crippen MR) is 90.4 cm³/mol. The molecular formula is C17H23N3O3. The number of rotatable bonds is 7. The van der Waals surface area contributed by atoms with Gasteiger partial charge in [-0.1, -0.05) is 44.9 Å². The lowest BCUT2D eigenvalue weighted by Gasteiger charge is -2.13. The Morgan fingerprint density at radius 2 is 1.22 bits per heavy atom. The molecule has 0 fully saturated rings. The number of para-hydroxylation sites is 1. The lowest BCUT2D eigenvalue weighted by atomic mass is 10.3. The van der Waals surface area contributed by atoms with Crippen LogP contribution < -0.4 is 17.1 Å². The summed E-state index contributed by atoms with van der Waals surface area (Å²) < 4.78 is 3.44. The van der Waals surface area contributed by atoms with Crippen LogP contribution in [0.2, 0.25) is 0 Å². The molecular weight excluding hydrogens is 294 g/mol. The van der Waals surface area contributed by atoms with Gasteiger partial charge < -0.3 is 0 Å². The van der Waals surface area contributed by atoms with Crippen molar-refractivity contribution in [3.63, 3.8) is 0 Å². The number of nitrogens with zero attached hydrogens (tertiary/aromatic N) is 3. The molecule has 0 saturated heterocycles. The van der Waals surface area contributed by atoms with E-state index in [9.17, 15) is 14.4 Å². The van der Waals surface area contributed by atoms with Crippen LogP contribution in [0.25, 0.3) is 5.69 Å². The Labute approximate surface area is 134 Å². The normalized spacial score (nSPS) is 10.9. The van der Waals surface area contributed by atoms with Gasteiger partial charge in [-0.15, -0.1) is 0 Å². The van der Waals surface area contributed by atoms with E-state index in [1.54, 1.807) is 24.3 Å². The van der Waals surface area contributed by atoms with Gasteiger partial charge in [-0.25, -0.2) is 28.1 Å². The highest BCUT2D eigenvalue weighted by atomic mass is 16.2. The van der Waals surface area contributed by atoms with E-state index in [4.69, 9.17) is 0 Å². The summed E-state index contributed by atoms with van der Waals surface area (Å²) in [5.74, 6) is 0. The third-order valence-corrected chi connectivity index (χ3v) is 3.79. The van der Waals surface area contributed by atoms with E-state index in [-0.39, 0.29) is 0 Å². The molecule has 1 aromatic heterocycles. The Morgan fingerprint density at radius 3 is 1.65 bits per heavy atom. The van der Waals surface area contributed by atoms with Crippen molar-refractivity contribution in [3.8, 4) is 5.69 Å². The fourth-order valence-electron chi connectivity index (χ4n) is 2.45. The first-order valence-corrected chi connectivity index (χ1v) is 8.13. The molecule has 6 heteroatoms. The summed E-state index contributed by atoms with van der Waals surface area (Å²) in [5, 5.41) is 0. The van der Waals surface area contributed by atoms with Gasteiger partial charge in [-0.3, -0.25) is 0 Å². The van der Waals surface area contributed by atoms with Crippen molar-refractivity contribution >= 4 is 0 Å². The van der Waals surface area contributed by atoms with Gasteiger partial charge >= 0.3 is 17.1 Å². The summed E-state index contributed by atoms with van der Waals surface area (Å²) in [6.07, 6.45) is 3.17. The summed E-state index contributed by atoms with van der Waals surface area (Å²) in [4.78, 5) is 37.8. The van der Waals surface area contributed by atoms with Gasteiger partial charge in [0.2, 0.25) is 0 Å². The van der Waals surface area contributed by atoms with Crippen LogP contribution in [0.5, 0.6) is 0 Å². The highest BCUT2D eigenvalue weighted by Gasteiger charge is 2.15. The standard InChI is InChI=1S/C17H23N3O3/c1-3-5-12-18-15(21)19(13-6-4-2)17(23)20(16(18)22)14-10-8-7-9-11-14/h7-11H,3-6,12-13H2,1-2H3. The number of unbranched alkanes of at least 4 members (excludes halogenated alkanes) is 2. The van der Waals surface area contributed by atoms with E-state index in [1.807, 2.05) is 19.9 Å². The second kappa shape index (κ2) is 7.76. The lowest BCUT2D eigenvalue weighted by molar-refractivity contribution is 0.465. The molecule has 0 atom stereocenters. The molecule has 1 heterocycles. The molecule has 0 radical (unpaired) electrons. The summed E-state index contributed by atoms with van der Waals surface area (Å²) >= 11 is 0. The smallest absolute Gasteiger partial charge is 0.247 e. The fourth-order valence-corrected chi connectivity index (χ4v) is 2.45. The molecule has 2 rings (SSSR count). The zero-order chi connectivity index (χ0) is 16.8. The average Bonchev–Trinajstić information content (AvgIpc) is 2.56. The summed E-state index contributed by atoms with van der Waals surface area (Å²) in [6, 6.07) is 8.73. The highest BCUT2D eigenvalue weighted by Crippen LogP contribution is 2.00. The third kappa shape index (κ3) is 3.52. The van der Waals surface area contributed by atoms with Crippen molar-refractivity contribution in [1.29, 1.82) is 0 Å². The Hall–Kier alpha value is -2.37. The number of hydrogen-bond acceptors (Lipinski definition) is 3. The molecule has 2 aromatic rings. The SMILES string of the molecule is CCCCn1c(=O)n(CCCC)c(=O)n(-c2ccccc2)c1=O. The fraction of sp³-hybridized carbons (Fsp3) is 0.471. The van der Waals surface area contributed by atoms with Crippen LogP contribution in [0.3, 0.4) is 0 Å². The van der Waals surface area contributed by atoms with Gasteiger partial charge in [-0.2, -0.15) is 0 Å². The predicted octanol–water partition coefficient (Wildman–Crippen LogP) is 1.76. The van der Waals surface area contributed by atoms with Gasteiger partial charge in [0, 0.05) is 13.1 Å². The Morgan fingerprint density at radius 1 is 0.739 bits per heavy atom. The Balaban J connectivity index is 2.72. The van der Waals surface area contributed by atoms with E-state index in [0.29, 0.717) is 18.8 Å². The molecule has 0 spiro atoms. The molecule has 0 aliphatic heterocycles. The Kier molecular flexibility index (Phi) is 5.73. The maximum atomic E-state index is 12.7. The van der Waals surface area contributed by atoms with Crippen molar-refractivity contribution < 1.29 is 0 Å². The molecule has 124 valence electrons. The van der Waals surface area contributed by atoms with Crippen molar-refractivity contribution in [2.24, 2.45) is 0 Å². The third-order valence-electron chi connectivity index (χ3n) is 3.79. The van der Waals surface area contributed by atoms with Crippen molar-refractivity contribution in [2.75, 3.05) is 0 Å². The minimum Gasteiger partial charge on any atom is -0.247 e. The lowest BCUT2D eigenvalue weighted by Crippen LogP contribution is -2.54.